The Morgan fingerprint density at radius 1 is 1.10 bits per heavy atom. The maximum Gasteiger partial charge on any atom is 0.255 e. The van der Waals surface area contributed by atoms with Crippen LogP contribution in [-0.4, -0.2) is 26.8 Å². The molecule has 5 rings (SSSR count). The first-order valence-corrected chi connectivity index (χ1v) is 14.1. The lowest BCUT2D eigenvalue weighted by atomic mass is 9.94. The van der Waals surface area contributed by atoms with E-state index in [-0.39, 0.29) is 17.8 Å². The van der Waals surface area contributed by atoms with E-state index in [1.807, 2.05) is 83.1 Å². The molecule has 1 amide bonds. The molecule has 0 radical (unpaired) electrons. The van der Waals surface area contributed by atoms with Gasteiger partial charge in [-0.25, -0.2) is 9.07 Å². The summed E-state index contributed by atoms with van der Waals surface area (Å²) in [5.74, 6) is 1.09. The van der Waals surface area contributed by atoms with Gasteiger partial charge >= 0.3 is 0 Å². The van der Waals surface area contributed by atoms with E-state index in [1.165, 1.54) is 17.8 Å². The maximum absolute atomic E-state index is 14.2. The number of allylic oxidation sites excluding steroid dienone is 1. The maximum atomic E-state index is 14.2. The Morgan fingerprint density at radius 2 is 1.88 bits per heavy atom. The second-order valence-electron chi connectivity index (χ2n) is 10.0. The number of carbonyl (C=O) groups is 1. The summed E-state index contributed by atoms with van der Waals surface area (Å²) in [5.41, 5.74) is 5.46. The lowest BCUT2D eigenvalue weighted by Crippen LogP contribution is -2.31. The fourth-order valence-corrected chi connectivity index (χ4v) is 5.47. The SMILES string of the molecule is CC1=C(C(=O)Nc2cccc(C)c2C)C(c2cccc(OC(C)C)c2)n2nc(SCc3ccccc3F)nc2N1. The Labute approximate surface area is 237 Å². The summed E-state index contributed by atoms with van der Waals surface area (Å²) in [5, 5.41) is 11.6. The Kier molecular flexibility index (Phi) is 7.93. The van der Waals surface area contributed by atoms with Crippen molar-refractivity contribution in [2.45, 2.75) is 57.7 Å². The molecule has 0 saturated heterocycles. The van der Waals surface area contributed by atoms with Crippen LogP contribution in [0.1, 0.15) is 49.1 Å². The third kappa shape index (κ3) is 5.74. The predicted molar refractivity (Wildman–Crippen MR) is 157 cm³/mol. The summed E-state index contributed by atoms with van der Waals surface area (Å²) in [4.78, 5) is 18.6. The topological polar surface area (TPSA) is 81.1 Å². The molecule has 1 aliphatic rings. The van der Waals surface area contributed by atoms with Gasteiger partial charge in [-0.2, -0.15) is 4.98 Å². The van der Waals surface area contributed by atoms with Crippen LogP contribution < -0.4 is 15.4 Å². The minimum Gasteiger partial charge on any atom is -0.491 e. The number of rotatable bonds is 8. The molecule has 0 fully saturated rings. The number of nitrogens with one attached hydrogen (secondary N) is 2. The first-order valence-electron chi connectivity index (χ1n) is 13.2. The molecule has 0 spiro atoms. The number of aryl methyl sites for hydroxylation is 1. The van der Waals surface area contributed by atoms with E-state index < -0.39 is 6.04 Å². The molecule has 1 aromatic heterocycles. The average Bonchev–Trinajstić information content (AvgIpc) is 3.32. The minimum atomic E-state index is -0.563. The van der Waals surface area contributed by atoms with Gasteiger partial charge < -0.3 is 15.4 Å². The van der Waals surface area contributed by atoms with Crippen LogP contribution in [0.15, 0.2) is 83.2 Å². The molecule has 2 heterocycles. The van der Waals surface area contributed by atoms with Crippen LogP contribution in [0.2, 0.25) is 0 Å². The van der Waals surface area contributed by atoms with Gasteiger partial charge in [0.1, 0.15) is 17.6 Å². The van der Waals surface area contributed by atoms with Crippen molar-refractivity contribution in [3.8, 4) is 5.75 Å². The largest absolute Gasteiger partial charge is 0.491 e. The highest BCUT2D eigenvalue weighted by Gasteiger charge is 2.35. The Balaban J connectivity index is 1.53. The number of hydrogen-bond acceptors (Lipinski definition) is 6. The number of amides is 1. The number of hydrogen-bond donors (Lipinski definition) is 2. The smallest absolute Gasteiger partial charge is 0.255 e. The van der Waals surface area contributed by atoms with Crippen LogP contribution in [0, 0.1) is 19.7 Å². The Morgan fingerprint density at radius 3 is 2.65 bits per heavy atom. The van der Waals surface area contributed by atoms with Crippen LogP contribution in [0.25, 0.3) is 0 Å². The van der Waals surface area contributed by atoms with Gasteiger partial charge in [0.2, 0.25) is 11.1 Å². The van der Waals surface area contributed by atoms with Crippen LogP contribution >= 0.6 is 11.8 Å². The summed E-state index contributed by atoms with van der Waals surface area (Å²) >= 11 is 1.34. The number of nitrogens with zero attached hydrogens (tertiary/aromatic N) is 3. The highest BCUT2D eigenvalue weighted by Crippen LogP contribution is 2.38. The van der Waals surface area contributed by atoms with Gasteiger partial charge in [-0.15, -0.1) is 5.10 Å². The molecule has 9 heteroatoms. The molecule has 1 unspecified atom stereocenters. The lowest BCUT2D eigenvalue weighted by Gasteiger charge is -2.29. The number of anilines is 2. The zero-order chi connectivity index (χ0) is 28.4. The quantitative estimate of drug-likeness (QED) is 0.226. The summed E-state index contributed by atoms with van der Waals surface area (Å²) in [6.07, 6.45) is -0.00377. The number of carbonyl (C=O) groups excluding carboxylic acids is 1. The van der Waals surface area contributed by atoms with Gasteiger partial charge in [0.25, 0.3) is 5.91 Å². The van der Waals surface area contributed by atoms with Crippen molar-refractivity contribution in [1.82, 2.24) is 14.8 Å². The van der Waals surface area contributed by atoms with E-state index in [4.69, 9.17) is 9.84 Å². The molecule has 0 aliphatic carbocycles. The van der Waals surface area contributed by atoms with Crippen molar-refractivity contribution in [1.29, 1.82) is 0 Å². The summed E-state index contributed by atoms with van der Waals surface area (Å²) in [6, 6.07) is 19.7. The second-order valence-corrected chi connectivity index (χ2v) is 11.0. The summed E-state index contributed by atoms with van der Waals surface area (Å²) < 4.78 is 21.9. The molecule has 3 aromatic carbocycles. The Hall–Kier alpha value is -4.11. The number of fused-ring (bicyclic) bond motifs is 1. The highest BCUT2D eigenvalue weighted by atomic mass is 32.2. The van der Waals surface area contributed by atoms with Crippen molar-refractivity contribution < 1.29 is 13.9 Å². The highest BCUT2D eigenvalue weighted by molar-refractivity contribution is 7.98. The van der Waals surface area contributed by atoms with Gasteiger partial charge in [0.05, 0.1) is 11.7 Å². The molecule has 4 aromatic rings. The molecule has 0 bridgehead atoms. The van der Waals surface area contributed by atoms with Crippen LogP contribution in [0.5, 0.6) is 5.75 Å². The fraction of sp³-hybridized carbons (Fsp3) is 0.258. The van der Waals surface area contributed by atoms with Crippen molar-refractivity contribution in [3.63, 3.8) is 0 Å². The molecule has 0 saturated carbocycles. The summed E-state index contributed by atoms with van der Waals surface area (Å²) in [7, 11) is 0. The van der Waals surface area contributed by atoms with Crippen molar-refractivity contribution in [3.05, 3.63) is 106 Å². The van der Waals surface area contributed by atoms with E-state index in [0.717, 1.165) is 22.4 Å². The standard InChI is InChI=1S/C31H32FN5O2S/c1-18(2)39-24-13-9-12-22(16-24)28-27(29(38)34-26-15-8-10-19(3)20(26)4)21(5)33-30-35-31(36-37(28)30)40-17-23-11-6-7-14-25(23)32/h6-16,18,28H,17H2,1-5H3,(H,34,38)(H,33,35,36). The van der Waals surface area contributed by atoms with E-state index in [0.29, 0.717) is 39.4 Å². The van der Waals surface area contributed by atoms with E-state index in [1.54, 1.807) is 16.8 Å². The van der Waals surface area contributed by atoms with Gasteiger partial charge in [0.15, 0.2) is 0 Å². The molecule has 40 heavy (non-hydrogen) atoms. The predicted octanol–water partition coefficient (Wildman–Crippen LogP) is 7.04. The van der Waals surface area contributed by atoms with E-state index >= 15 is 0 Å². The molecule has 1 atom stereocenters. The lowest BCUT2D eigenvalue weighted by molar-refractivity contribution is -0.113. The molecule has 1 aliphatic heterocycles. The average molecular weight is 558 g/mol. The molecule has 2 N–H and O–H groups in total. The van der Waals surface area contributed by atoms with Crippen LogP contribution in [0.3, 0.4) is 0 Å². The first-order chi connectivity index (χ1) is 19.2. The number of halogens is 1. The third-order valence-corrected chi connectivity index (χ3v) is 7.68. The van der Waals surface area contributed by atoms with Crippen molar-refractivity contribution in [2.24, 2.45) is 0 Å². The zero-order valence-corrected chi connectivity index (χ0v) is 24.0. The normalized spacial score (nSPS) is 14.6. The van der Waals surface area contributed by atoms with Gasteiger partial charge in [-0.05, 0) is 81.1 Å². The molecule has 7 nitrogen and oxygen atoms in total. The third-order valence-electron chi connectivity index (χ3n) is 6.79. The fourth-order valence-electron chi connectivity index (χ4n) is 4.66. The Bertz CT molecular complexity index is 1600. The van der Waals surface area contributed by atoms with Crippen LogP contribution in [0.4, 0.5) is 16.0 Å². The first kappa shape index (κ1) is 27.5. The second kappa shape index (κ2) is 11.6. The van der Waals surface area contributed by atoms with Crippen LogP contribution in [-0.2, 0) is 10.5 Å². The number of benzene rings is 3. The minimum absolute atomic E-state index is 0.00377. The van der Waals surface area contributed by atoms with Crippen molar-refractivity contribution in [2.75, 3.05) is 10.6 Å². The number of thioether (sulfide) groups is 1. The number of aromatic nitrogens is 3. The molecule has 206 valence electrons. The van der Waals surface area contributed by atoms with Gasteiger partial charge in [-0.3, -0.25) is 4.79 Å². The zero-order valence-electron chi connectivity index (χ0n) is 23.2. The van der Waals surface area contributed by atoms with E-state index in [9.17, 15) is 9.18 Å². The molecular weight excluding hydrogens is 525 g/mol. The number of ether oxygens (including phenoxy) is 1. The van der Waals surface area contributed by atoms with Gasteiger partial charge in [-0.1, -0.05) is 54.2 Å². The monoisotopic (exact) mass is 557 g/mol. The van der Waals surface area contributed by atoms with Crippen molar-refractivity contribution >= 4 is 29.3 Å². The van der Waals surface area contributed by atoms with E-state index in [2.05, 4.69) is 15.6 Å². The molecular formula is C31H32FN5O2S. The summed E-state index contributed by atoms with van der Waals surface area (Å²) in [6.45, 7) is 9.81. The van der Waals surface area contributed by atoms with Gasteiger partial charge in [0, 0.05) is 17.1 Å².